The number of thiophene rings is 1. The molecule has 0 saturated heterocycles. The van der Waals surface area contributed by atoms with Gasteiger partial charge < -0.3 is 5.32 Å². The van der Waals surface area contributed by atoms with Gasteiger partial charge in [0.15, 0.2) is 0 Å². The number of fused-ring (bicyclic) bond motifs is 1. The van der Waals surface area contributed by atoms with Crippen LogP contribution in [0.15, 0.2) is 29.6 Å². The molecule has 0 fully saturated rings. The lowest BCUT2D eigenvalue weighted by Gasteiger charge is -2.07. The van der Waals surface area contributed by atoms with Gasteiger partial charge in [-0.3, -0.25) is 0 Å². The third-order valence-electron chi connectivity index (χ3n) is 2.20. The molecule has 0 unspecified atom stereocenters. The summed E-state index contributed by atoms with van der Waals surface area (Å²) in [6.07, 6.45) is -4.15. The lowest BCUT2D eigenvalue weighted by Crippen LogP contribution is -2.28. The second-order valence-corrected chi connectivity index (χ2v) is 4.39. The molecular weight excluding hydrogens is 235 g/mol. The number of halogens is 3. The maximum atomic E-state index is 11.9. The molecule has 0 atom stereocenters. The molecule has 2 aromatic rings. The van der Waals surface area contributed by atoms with Crippen LogP contribution in [0.25, 0.3) is 10.1 Å². The number of benzene rings is 1. The molecule has 0 saturated carbocycles. The van der Waals surface area contributed by atoms with E-state index < -0.39 is 12.7 Å². The zero-order chi connectivity index (χ0) is 11.6. The van der Waals surface area contributed by atoms with Crippen LogP contribution in [0.3, 0.4) is 0 Å². The summed E-state index contributed by atoms with van der Waals surface area (Å²) >= 11 is 1.55. The van der Waals surface area contributed by atoms with E-state index in [0.29, 0.717) is 0 Å². The fourth-order valence-corrected chi connectivity index (χ4v) is 2.47. The highest BCUT2D eigenvalue weighted by atomic mass is 32.1. The molecule has 1 nitrogen and oxygen atoms in total. The summed E-state index contributed by atoms with van der Waals surface area (Å²) in [4.78, 5) is 0. The van der Waals surface area contributed by atoms with Crippen LogP contribution in [0.1, 0.15) is 5.56 Å². The molecule has 1 heterocycles. The number of nitrogens with one attached hydrogen (secondary N) is 1. The number of rotatable bonds is 3. The molecule has 0 spiro atoms. The van der Waals surface area contributed by atoms with E-state index in [2.05, 4.69) is 5.32 Å². The highest BCUT2D eigenvalue weighted by molar-refractivity contribution is 7.17. The molecule has 0 bridgehead atoms. The van der Waals surface area contributed by atoms with Crippen LogP contribution in [0.4, 0.5) is 13.2 Å². The van der Waals surface area contributed by atoms with E-state index in [1.165, 1.54) is 0 Å². The minimum absolute atomic E-state index is 0.253. The van der Waals surface area contributed by atoms with Gasteiger partial charge >= 0.3 is 6.18 Å². The fourth-order valence-electron chi connectivity index (χ4n) is 1.51. The topological polar surface area (TPSA) is 12.0 Å². The summed E-state index contributed by atoms with van der Waals surface area (Å²) in [6.45, 7) is -0.694. The standard InChI is InChI=1S/C11H10F3NS/c12-11(13,14)7-15-5-8-6-16-10-4-2-1-3-9(8)10/h1-4,6,15H,5,7H2. The van der Waals surface area contributed by atoms with Crippen LogP contribution in [0, 0.1) is 0 Å². The van der Waals surface area contributed by atoms with Crippen LogP contribution in [-0.2, 0) is 6.54 Å². The van der Waals surface area contributed by atoms with Crippen molar-refractivity contribution in [2.75, 3.05) is 6.54 Å². The van der Waals surface area contributed by atoms with Crippen LogP contribution < -0.4 is 5.32 Å². The first-order valence-corrected chi connectivity index (χ1v) is 5.67. The third-order valence-corrected chi connectivity index (χ3v) is 3.21. The molecule has 0 aliphatic carbocycles. The van der Waals surface area contributed by atoms with Crippen molar-refractivity contribution in [3.8, 4) is 0 Å². The van der Waals surface area contributed by atoms with Crippen molar-refractivity contribution in [1.82, 2.24) is 5.32 Å². The molecule has 0 radical (unpaired) electrons. The monoisotopic (exact) mass is 245 g/mol. The quantitative estimate of drug-likeness (QED) is 0.872. The summed E-state index contributed by atoms with van der Waals surface area (Å²) < 4.78 is 36.9. The number of hydrogen-bond donors (Lipinski definition) is 1. The smallest absolute Gasteiger partial charge is 0.305 e. The SMILES string of the molecule is FC(F)(F)CNCc1csc2ccccc12. The summed E-state index contributed by atoms with van der Waals surface area (Å²) in [7, 11) is 0. The van der Waals surface area contributed by atoms with Gasteiger partial charge in [-0.05, 0) is 22.4 Å². The van der Waals surface area contributed by atoms with Crippen LogP contribution >= 0.6 is 11.3 Å². The Morgan fingerprint density at radius 3 is 2.69 bits per heavy atom. The lowest BCUT2D eigenvalue weighted by molar-refractivity contribution is -0.125. The molecule has 5 heteroatoms. The molecular formula is C11H10F3NS. The van der Waals surface area contributed by atoms with Crippen molar-refractivity contribution in [2.24, 2.45) is 0 Å². The number of alkyl halides is 3. The molecule has 16 heavy (non-hydrogen) atoms. The minimum atomic E-state index is -4.15. The van der Waals surface area contributed by atoms with Crippen LogP contribution in [-0.4, -0.2) is 12.7 Å². The molecule has 0 amide bonds. The van der Waals surface area contributed by atoms with Gasteiger partial charge in [-0.25, -0.2) is 0 Å². The molecule has 1 aromatic heterocycles. The normalized spacial score (nSPS) is 12.2. The maximum absolute atomic E-state index is 11.9. The Bertz CT molecular complexity index is 475. The first-order chi connectivity index (χ1) is 7.56. The molecule has 0 aliphatic heterocycles. The van der Waals surface area contributed by atoms with Gasteiger partial charge in [-0.15, -0.1) is 11.3 Å². The van der Waals surface area contributed by atoms with Gasteiger partial charge in [0, 0.05) is 11.2 Å². The first-order valence-electron chi connectivity index (χ1n) is 4.79. The Morgan fingerprint density at radius 2 is 1.94 bits per heavy atom. The predicted octanol–water partition coefficient (Wildman–Crippen LogP) is 3.55. The van der Waals surface area contributed by atoms with E-state index >= 15 is 0 Å². The zero-order valence-corrected chi connectivity index (χ0v) is 9.16. The van der Waals surface area contributed by atoms with Crippen molar-refractivity contribution in [2.45, 2.75) is 12.7 Å². The Morgan fingerprint density at radius 1 is 1.19 bits per heavy atom. The molecule has 1 N–H and O–H groups in total. The predicted molar refractivity (Wildman–Crippen MR) is 59.6 cm³/mol. The minimum Gasteiger partial charge on any atom is -0.305 e. The van der Waals surface area contributed by atoms with Gasteiger partial charge in [0.05, 0.1) is 6.54 Å². The second-order valence-electron chi connectivity index (χ2n) is 3.48. The summed E-state index contributed by atoms with van der Waals surface area (Å²) in [5, 5.41) is 5.33. The average Bonchev–Trinajstić information content (AvgIpc) is 2.60. The summed E-state index contributed by atoms with van der Waals surface area (Å²) in [5.74, 6) is 0. The van der Waals surface area contributed by atoms with Crippen molar-refractivity contribution in [3.63, 3.8) is 0 Å². The van der Waals surface area contributed by atoms with E-state index in [1.807, 2.05) is 29.6 Å². The van der Waals surface area contributed by atoms with Gasteiger partial charge in [-0.2, -0.15) is 13.2 Å². The largest absolute Gasteiger partial charge is 0.401 e. The van der Waals surface area contributed by atoms with E-state index in [0.717, 1.165) is 15.6 Å². The molecule has 2 rings (SSSR count). The molecule has 0 aliphatic rings. The fraction of sp³-hybridized carbons (Fsp3) is 0.273. The number of hydrogen-bond acceptors (Lipinski definition) is 2. The summed E-state index contributed by atoms with van der Waals surface area (Å²) in [6, 6.07) is 7.71. The van der Waals surface area contributed by atoms with E-state index in [-0.39, 0.29) is 6.54 Å². The zero-order valence-electron chi connectivity index (χ0n) is 8.34. The van der Waals surface area contributed by atoms with Gasteiger partial charge in [0.2, 0.25) is 0 Å². The van der Waals surface area contributed by atoms with E-state index in [1.54, 1.807) is 11.3 Å². The highest BCUT2D eigenvalue weighted by Gasteiger charge is 2.26. The average molecular weight is 245 g/mol. The van der Waals surface area contributed by atoms with Crippen molar-refractivity contribution < 1.29 is 13.2 Å². The Labute approximate surface area is 94.9 Å². The first kappa shape index (κ1) is 11.4. The van der Waals surface area contributed by atoms with Crippen molar-refractivity contribution >= 4 is 21.4 Å². The highest BCUT2D eigenvalue weighted by Crippen LogP contribution is 2.25. The van der Waals surface area contributed by atoms with Gasteiger partial charge in [0.25, 0.3) is 0 Å². The van der Waals surface area contributed by atoms with Crippen molar-refractivity contribution in [3.05, 3.63) is 35.2 Å². The van der Waals surface area contributed by atoms with Crippen LogP contribution in [0.2, 0.25) is 0 Å². The van der Waals surface area contributed by atoms with Gasteiger partial charge in [0.1, 0.15) is 0 Å². The van der Waals surface area contributed by atoms with E-state index in [4.69, 9.17) is 0 Å². The van der Waals surface area contributed by atoms with Crippen molar-refractivity contribution in [1.29, 1.82) is 0 Å². The summed E-state index contributed by atoms with van der Waals surface area (Å²) in [5.41, 5.74) is 0.921. The van der Waals surface area contributed by atoms with E-state index in [9.17, 15) is 13.2 Å². The van der Waals surface area contributed by atoms with Gasteiger partial charge in [-0.1, -0.05) is 18.2 Å². The second kappa shape index (κ2) is 4.43. The molecule has 86 valence electrons. The van der Waals surface area contributed by atoms with Crippen LogP contribution in [0.5, 0.6) is 0 Å². The Kier molecular flexibility index (Phi) is 3.16. The maximum Gasteiger partial charge on any atom is 0.401 e. The third kappa shape index (κ3) is 2.74. The Hall–Kier alpha value is -1.07. The lowest BCUT2D eigenvalue weighted by atomic mass is 10.2. The molecule has 1 aromatic carbocycles. The Balaban J connectivity index is 2.05.